The standard InChI is InChI=1S/C24H31N5O2/c1-17-7-2-3-8-18(17)24(31)29-14-6-13-28(15-16-29)21-11-4-10-20(27-21)22(30)19-9-5-12-26-23(19)25/h4-5,9-12,17-18H,2-3,6-8,13-16H2,1H3,(H2,25,26). The number of aromatic nitrogens is 2. The molecule has 4 rings (SSSR count). The fourth-order valence-corrected chi connectivity index (χ4v) is 4.76. The van der Waals surface area contributed by atoms with Crippen molar-refractivity contribution in [3.63, 3.8) is 0 Å². The summed E-state index contributed by atoms with van der Waals surface area (Å²) in [6.07, 6.45) is 7.03. The summed E-state index contributed by atoms with van der Waals surface area (Å²) in [4.78, 5) is 38.8. The maximum absolute atomic E-state index is 13.1. The highest BCUT2D eigenvalue weighted by atomic mass is 16.2. The van der Waals surface area contributed by atoms with Gasteiger partial charge in [-0.25, -0.2) is 9.97 Å². The molecule has 2 fully saturated rings. The molecule has 2 N–H and O–H groups in total. The van der Waals surface area contributed by atoms with Gasteiger partial charge in [-0.3, -0.25) is 9.59 Å². The zero-order valence-electron chi connectivity index (χ0n) is 18.2. The van der Waals surface area contributed by atoms with Gasteiger partial charge in [0.25, 0.3) is 0 Å². The van der Waals surface area contributed by atoms with Crippen molar-refractivity contribution in [2.24, 2.45) is 11.8 Å². The summed E-state index contributed by atoms with van der Waals surface area (Å²) < 4.78 is 0. The smallest absolute Gasteiger partial charge is 0.226 e. The minimum Gasteiger partial charge on any atom is -0.383 e. The summed E-state index contributed by atoms with van der Waals surface area (Å²) in [5.74, 6) is 1.70. The quantitative estimate of drug-likeness (QED) is 0.763. The van der Waals surface area contributed by atoms with Crippen molar-refractivity contribution in [2.75, 3.05) is 36.8 Å². The van der Waals surface area contributed by atoms with Crippen LogP contribution in [0.2, 0.25) is 0 Å². The molecule has 0 bridgehead atoms. The minimum atomic E-state index is -0.231. The van der Waals surface area contributed by atoms with Crippen LogP contribution in [0.1, 0.15) is 55.1 Å². The first-order valence-electron chi connectivity index (χ1n) is 11.3. The van der Waals surface area contributed by atoms with E-state index in [0.717, 1.165) is 44.6 Å². The first-order chi connectivity index (χ1) is 15.0. The third kappa shape index (κ3) is 4.70. The van der Waals surface area contributed by atoms with E-state index in [-0.39, 0.29) is 17.5 Å². The number of rotatable bonds is 4. The molecule has 2 aromatic rings. The molecule has 1 aliphatic carbocycles. The minimum absolute atomic E-state index is 0.171. The Labute approximate surface area is 183 Å². The SMILES string of the molecule is CC1CCCCC1C(=O)N1CCCN(c2cccc(C(=O)c3cccnc3N)n2)CC1. The molecule has 1 aliphatic heterocycles. The van der Waals surface area contributed by atoms with Crippen LogP contribution in [0, 0.1) is 11.8 Å². The van der Waals surface area contributed by atoms with Gasteiger partial charge in [0, 0.05) is 38.3 Å². The molecule has 1 saturated heterocycles. The van der Waals surface area contributed by atoms with E-state index in [1.807, 2.05) is 17.0 Å². The van der Waals surface area contributed by atoms with Crippen LogP contribution in [-0.4, -0.2) is 52.7 Å². The van der Waals surface area contributed by atoms with Crippen molar-refractivity contribution in [3.05, 3.63) is 47.8 Å². The largest absolute Gasteiger partial charge is 0.383 e. The van der Waals surface area contributed by atoms with Gasteiger partial charge < -0.3 is 15.5 Å². The summed E-state index contributed by atoms with van der Waals surface area (Å²) in [5, 5.41) is 0. The number of amides is 1. The number of carbonyl (C=O) groups is 2. The summed E-state index contributed by atoms with van der Waals surface area (Å²) in [6.45, 7) is 5.21. The van der Waals surface area contributed by atoms with Crippen molar-refractivity contribution in [1.82, 2.24) is 14.9 Å². The van der Waals surface area contributed by atoms with Crippen LogP contribution in [0.4, 0.5) is 11.6 Å². The van der Waals surface area contributed by atoms with E-state index in [2.05, 4.69) is 21.8 Å². The summed E-state index contributed by atoms with van der Waals surface area (Å²) in [6, 6.07) is 8.84. The van der Waals surface area contributed by atoms with Gasteiger partial charge in [-0.05, 0) is 49.4 Å². The number of carbonyl (C=O) groups excluding carboxylic acids is 2. The highest BCUT2D eigenvalue weighted by Gasteiger charge is 2.32. The van der Waals surface area contributed by atoms with Gasteiger partial charge in [0.15, 0.2) is 0 Å². The summed E-state index contributed by atoms with van der Waals surface area (Å²) in [7, 11) is 0. The van der Waals surface area contributed by atoms with Gasteiger partial charge in [-0.15, -0.1) is 0 Å². The van der Waals surface area contributed by atoms with Crippen molar-refractivity contribution in [1.29, 1.82) is 0 Å². The maximum atomic E-state index is 13.1. The first kappa shape index (κ1) is 21.3. The monoisotopic (exact) mass is 421 g/mol. The summed E-state index contributed by atoms with van der Waals surface area (Å²) in [5.41, 5.74) is 6.58. The Hall–Kier alpha value is -2.96. The van der Waals surface area contributed by atoms with Gasteiger partial charge in [0.05, 0.1) is 5.56 Å². The highest BCUT2D eigenvalue weighted by molar-refractivity contribution is 6.10. The molecular weight excluding hydrogens is 390 g/mol. The molecule has 7 heteroatoms. The van der Waals surface area contributed by atoms with Crippen LogP contribution in [0.5, 0.6) is 0 Å². The van der Waals surface area contributed by atoms with Crippen LogP contribution >= 0.6 is 0 Å². The highest BCUT2D eigenvalue weighted by Crippen LogP contribution is 2.31. The lowest BCUT2D eigenvalue weighted by atomic mass is 9.79. The van der Waals surface area contributed by atoms with E-state index in [1.165, 1.54) is 6.42 Å². The number of nitrogens with zero attached hydrogens (tertiary/aromatic N) is 4. The number of nitrogens with two attached hydrogens (primary N) is 1. The predicted molar refractivity (Wildman–Crippen MR) is 121 cm³/mol. The van der Waals surface area contributed by atoms with Gasteiger partial charge in [-0.2, -0.15) is 0 Å². The van der Waals surface area contributed by atoms with Crippen molar-refractivity contribution in [3.8, 4) is 0 Å². The van der Waals surface area contributed by atoms with Crippen LogP contribution < -0.4 is 10.6 Å². The fourth-order valence-electron chi connectivity index (χ4n) is 4.76. The molecule has 31 heavy (non-hydrogen) atoms. The summed E-state index contributed by atoms with van der Waals surface area (Å²) >= 11 is 0. The number of ketones is 1. The Balaban J connectivity index is 1.45. The second kappa shape index (κ2) is 9.45. The molecule has 1 saturated carbocycles. The first-order valence-corrected chi connectivity index (χ1v) is 11.3. The Morgan fingerprint density at radius 1 is 1.00 bits per heavy atom. The normalized spacial score (nSPS) is 22.1. The lowest BCUT2D eigenvalue weighted by Crippen LogP contribution is -2.41. The average molecular weight is 422 g/mol. The number of hydrogen-bond acceptors (Lipinski definition) is 6. The van der Waals surface area contributed by atoms with Gasteiger partial charge in [-0.1, -0.05) is 25.8 Å². The topological polar surface area (TPSA) is 92.4 Å². The van der Waals surface area contributed by atoms with Crippen molar-refractivity contribution in [2.45, 2.75) is 39.0 Å². The molecule has 164 valence electrons. The van der Waals surface area contributed by atoms with Crippen LogP contribution in [0.15, 0.2) is 36.5 Å². The second-order valence-corrected chi connectivity index (χ2v) is 8.68. The lowest BCUT2D eigenvalue weighted by molar-refractivity contribution is -0.138. The molecule has 2 unspecified atom stereocenters. The van der Waals surface area contributed by atoms with Gasteiger partial charge in [0.2, 0.25) is 11.7 Å². The molecular formula is C24H31N5O2. The van der Waals surface area contributed by atoms with E-state index in [9.17, 15) is 9.59 Å². The maximum Gasteiger partial charge on any atom is 0.226 e. The zero-order chi connectivity index (χ0) is 21.8. The van der Waals surface area contributed by atoms with E-state index < -0.39 is 0 Å². The zero-order valence-corrected chi connectivity index (χ0v) is 18.2. The molecule has 2 aromatic heterocycles. The van der Waals surface area contributed by atoms with Crippen LogP contribution in [0.3, 0.4) is 0 Å². The Morgan fingerprint density at radius 2 is 1.84 bits per heavy atom. The molecule has 1 amide bonds. The van der Waals surface area contributed by atoms with E-state index >= 15 is 0 Å². The van der Waals surface area contributed by atoms with Crippen LogP contribution in [0.25, 0.3) is 0 Å². The Kier molecular flexibility index (Phi) is 6.49. The molecule has 0 spiro atoms. The van der Waals surface area contributed by atoms with Crippen LogP contribution in [-0.2, 0) is 4.79 Å². The molecule has 3 heterocycles. The Morgan fingerprint density at radius 3 is 2.65 bits per heavy atom. The lowest BCUT2D eigenvalue weighted by Gasteiger charge is -2.32. The molecule has 2 atom stereocenters. The van der Waals surface area contributed by atoms with Crippen molar-refractivity contribution < 1.29 is 9.59 Å². The molecule has 0 radical (unpaired) electrons. The van der Waals surface area contributed by atoms with Gasteiger partial charge >= 0.3 is 0 Å². The fraction of sp³-hybridized carbons (Fsp3) is 0.500. The van der Waals surface area contributed by atoms with Crippen molar-refractivity contribution >= 4 is 23.3 Å². The number of anilines is 2. The van der Waals surface area contributed by atoms with E-state index in [1.54, 1.807) is 24.4 Å². The molecule has 2 aliphatic rings. The third-order valence-corrected chi connectivity index (χ3v) is 6.61. The Bertz CT molecular complexity index is 947. The molecule has 7 nitrogen and oxygen atoms in total. The van der Waals surface area contributed by atoms with Gasteiger partial charge in [0.1, 0.15) is 17.3 Å². The van der Waals surface area contributed by atoms with E-state index in [4.69, 9.17) is 5.73 Å². The average Bonchev–Trinajstić information content (AvgIpc) is 3.05. The number of pyridine rings is 2. The number of nitrogen functional groups attached to an aromatic ring is 1. The second-order valence-electron chi connectivity index (χ2n) is 8.68. The third-order valence-electron chi connectivity index (χ3n) is 6.61. The molecule has 0 aromatic carbocycles. The predicted octanol–water partition coefficient (Wildman–Crippen LogP) is 3.15. The number of hydrogen-bond donors (Lipinski definition) is 1. The van der Waals surface area contributed by atoms with E-state index in [0.29, 0.717) is 36.2 Å².